The van der Waals surface area contributed by atoms with Crippen LogP contribution in [0, 0.1) is 0 Å². The van der Waals surface area contributed by atoms with Gasteiger partial charge in [0.1, 0.15) is 12.1 Å². The first kappa shape index (κ1) is 25.5. The van der Waals surface area contributed by atoms with E-state index in [2.05, 4.69) is 25.0 Å². The minimum absolute atomic E-state index is 0.0163. The molecule has 0 bridgehead atoms. The average Bonchev–Trinajstić information content (AvgIpc) is 2.83. The molecule has 4 aromatic rings. The van der Waals surface area contributed by atoms with Crippen LogP contribution >= 0.6 is 0 Å². The number of halogens is 3. The maximum atomic E-state index is 13.4. The summed E-state index contributed by atoms with van der Waals surface area (Å²) in [5.74, 6) is 0.388. The average molecular weight is 518 g/mol. The Labute approximate surface area is 205 Å². The first-order valence-electron chi connectivity index (χ1n) is 10.7. The zero-order chi connectivity index (χ0) is 26.1. The molecule has 0 saturated carbocycles. The van der Waals surface area contributed by atoms with Crippen molar-refractivity contribution >= 4 is 32.4 Å². The molecule has 0 aliphatic heterocycles. The Kier molecular flexibility index (Phi) is 6.69. The highest BCUT2D eigenvalue weighted by Gasteiger charge is 2.34. The number of aliphatic hydroxyl groups excluding tert-OH is 1. The van der Waals surface area contributed by atoms with Crippen molar-refractivity contribution in [1.82, 2.24) is 19.7 Å². The zero-order valence-electron chi connectivity index (χ0n) is 19.2. The van der Waals surface area contributed by atoms with Crippen molar-refractivity contribution in [2.24, 2.45) is 0 Å². The van der Waals surface area contributed by atoms with E-state index in [1.165, 1.54) is 42.9 Å². The third-order valence-electron chi connectivity index (χ3n) is 5.26. The van der Waals surface area contributed by atoms with E-state index in [9.17, 15) is 26.7 Å². The van der Waals surface area contributed by atoms with Gasteiger partial charge in [-0.1, -0.05) is 6.07 Å². The van der Waals surface area contributed by atoms with Crippen molar-refractivity contribution in [1.29, 1.82) is 0 Å². The third kappa shape index (κ3) is 5.45. The third-order valence-corrected chi connectivity index (χ3v) is 6.97. The lowest BCUT2D eigenvalue weighted by atomic mass is 10.0. The number of benzene rings is 2. The van der Waals surface area contributed by atoms with Crippen LogP contribution in [-0.2, 0) is 16.2 Å². The Bertz CT molecular complexity index is 1510. The predicted octanol–water partition coefficient (Wildman–Crippen LogP) is 4.50. The van der Waals surface area contributed by atoms with Crippen molar-refractivity contribution in [2.45, 2.75) is 30.5 Å². The van der Waals surface area contributed by atoms with Gasteiger partial charge in [-0.05, 0) is 62.4 Å². The van der Waals surface area contributed by atoms with E-state index >= 15 is 0 Å². The molecule has 4 rings (SSSR count). The van der Waals surface area contributed by atoms with Crippen LogP contribution in [0.3, 0.4) is 0 Å². The van der Waals surface area contributed by atoms with E-state index in [4.69, 9.17) is 0 Å². The van der Waals surface area contributed by atoms with E-state index in [1.54, 1.807) is 32.0 Å². The van der Waals surface area contributed by atoms with E-state index in [0.29, 0.717) is 22.4 Å². The fraction of sp³-hybridized carbons (Fsp3) is 0.208. The molecule has 12 heteroatoms. The number of fused-ring (bicyclic) bond motifs is 1. The van der Waals surface area contributed by atoms with Gasteiger partial charge < -0.3 is 10.4 Å². The van der Waals surface area contributed by atoms with Gasteiger partial charge in [0.15, 0.2) is 0 Å². The Hall–Kier alpha value is -3.61. The summed E-state index contributed by atoms with van der Waals surface area (Å²) in [5, 5.41) is 13.0. The van der Waals surface area contributed by atoms with Crippen molar-refractivity contribution in [3.8, 4) is 11.3 Å². The first-order chi connectivity index (χ1) is 16.9. The van der Waals surface area contributed by atoms with Gasteiger partial charge in [-0.25, -0.2) is 23.1 Å². The molecule has 0 fully saturated rings. The Balaban J connectivity index is 1.62. The molecule has 2 aromatic heterocycles. The normalized spacial score (nSPS) is 12.6. The molecule has 0 amide bonds. The fourth-order valence-electron chi connectivity index (χ4n) is 3.48. The molecule has 8 nitrogen and oxygen atoms in total. The quantitative estimate of drug-likeness (QED) is 0.330. The van der Waals surface area contributed by atoms with Gasteiger partial charge in [-0.15, -0.1) is 0 Å². The molecule has 0 saturated heterocycles. The van der Waals surface area contributed by atoms with Gasteiger partial charge >= 0.3 is 6.18 Å². The molecule has 36 heavy (non-hydrogen) atoms. The highest BCUT2D eigenvalue weighted by atomic mass is 32.2. The second-order valence-corrected chi connectivity index (χ2v) is 10.3. The molecule has 3 N–H and O–H groups in total. The number of nitrogens with zero attached hydrogens (tertiary/aromatic N) is 3. The van der Waals surface area contributed by atoms with Gasteiger partial charge in [0.25, 0.3) is 0 Å². The predicted molar refractivity (Wildman–Crippen MR) is 129 cm³/mol. The summed E-state index contributed by atoms with van der Waals surface area (Å²) in [6, 6.07) is 12.7. The monoisotopic (exact) mass is 517 g/mol. The standard InChI is InChI=1S/C24H22F3N5O3S/c1-23(2,13-33)32-36(34,35)17-8-6-16(7-9-17)31-22-18-10-5-15(12-20(18)29-14-30-22)21-19(24(25,26)27)4-3-11-28-21/h3-12,14,32-33H,13H2,1-2H3,(H,29,30,31). The Morgan fingerprint density at radius 1 is 0.972 bits per heavy atom. The molecule has 188 valence electrons. The maximum Gasteiger partial charge on any atom is 0.418 e. The largest absolute Gasteiger partial charge is 0.418 e. The number of sulfonamides is 1. The lowest BCUT2D eigenvalue weighted by molar-refractivity contribution is -0.137. The Morgan fingerprint density at radius 2 is 1.69 bits per heavy atom. The highest BCUT2D eigenvalue weighted by molar-refractivity contribution is 7.89. The minimum atomic E-state index is -4.56. The van der Waals surface area contributed by atoms with Gasteiger partial charge in [0.05, 0.1) is 33.8 Å². The molecule has 0 atom stereocenters. The second kappa shape index (κ2) is 9.45. The number of rotatable bonds is 7. The molecular weight excluding hydrogens is 495 g/mol. The van der Waals surface area contributed by atoms with E-state index in [1.807, 2.05) is 0 Å². The topological polar surface area (TPSA) is 117 Å². The van der Waals surface area contributed by atoms with E-state index in [0.717, 1.165) is 6.07 Å². The number of anilines is 2. The molecule has 0 aliphatic carbocycles. The summed E-state index contributed by atoms with van der Waals surface area (Å²) in [7, 11) is -3.85. The number of hydrogen-bond donors (Lipinski definition) is 3. The van der Waals surface area contributed by atoms with Crippen LogP contribution in [0.2, 0.25) is 0 Å². The van der Waals surface area contributed by atoms with Crippen LogP contribution in [0.1, 0.15) is 19.4 Å². The smallest absolute Gasteiger partial charge is 0.394 e. The van der Waals surface area contributed by atoms with Gasteiger partial charge in [-0.3, -0.25) is 4.98 Å². The summed E-state index contributed by atoms with van der Waals surface area (Å²) in [5.41, 5.74) is -0.877. The van der Waals surface area contributed by atoms with Crippen LogP contribution in [0.5, 0.6) is 0 Å². The second-order valence-electron chi connectivity index (χ2n) is 8.65. The molecule has 0 aliphatic rings. The summed E-state index contributed by atoms with van der Waals surface area (Å²) in [6.07, 6.45) is -1.98. The van der Waals surface area contributed by atoms with Crippen molar-refractivity contribution in [2.75, 3.05) is 11.9 Å². The zero-order valence-corrected chi connectivity index (χ0v) is 20.0. The van der Waals surface area contributed by atoms with Gasteiger partial charge in [0.2, 0.25) is 10.0 Å². The number of aromatic nitrogens is 3. The Morgan fingerprint density at radius 3 is 2.36 bits per heavy atom. The summed E-state index contributed by atoms with van der Waals surface area (Å²) in [4.78, 5) is 12.3. The van der Waals surface area contributed by atoms with Crippen LogP contribution in [0.25, 0.3) is 22.2 Å². The van der Waals surface area contributed by atoms with Crippen LogP contribution in [0.4, 0.5) is 24.7 Å². The van der Waals surface area contributed by atoms with E-state index < -0.39 is 27.3 Å². The SMILES string of the molecule is CC(C)(CO)NS(=O)(=O)c1ccc(Nc2ncnc3cc(-c4ncccc4C(F)(F)F)ccc23)cc1. The summed E-state index contributed by atoms with van der Waals surface area (Å²) < 4.78 is 67.8. The first-order valence-corrected chi connectivity index (χ1v) is 12.2. The van der Waals surface area contributed by atoms with Crippen molar-refractivity contribution in [3.63, 3.8) is 0 Å². The van der Waals surface area contributed by atoms with Crippen LogP contribution in [-0.4, -0.2) is 40.6 Å². The van der Waals surface area contributed by atoms with Crippen LogP contribution in [0.15, 0.2) is 72.0 Å². The molecule has 0 unspecified atom stereocenters. The summed E-state index contributed by atoms with van der Waals surface area (Å²) in [6.45, 7) is 2.75. The molecular formula is C24H22F3N5O3S. The number of alkyl halides is 3. The fourth-order valence-corrected chi connectivity index (χ4v) is 4.88. The van der Waals surface area contributed by atoms with Gasteiger partial charge in [-0.2, -0.15) is 13.2 Å². The number of pyridine rings is 1. The van der Waals surface area contributed by atoms with E-state index in [-0.39, 0.29) is 22.8 Å². The molecule has 2 heterocycles. The number of hydrogen-bond acceptors (Lipinski definition) is 7. The molecule has 2 aromatic carbocycles. The highest BCUT2D eigenvalue weighted by Crippen LogP contribution is 2.36. The number of aliphatic hydroxyl groups is 1. The van der Waals surface area contributed by atoms with Crippen molar-refractivity contribution in [3.05, 3.63) is 72.7 Å². The molecule has 0 radical (unpaired) electrons. The van der Waals surface area contributed by atoms with Crippen molar-refractivity contribution < 1.29 is 26.7 Å². The maximum absolute atomic E-state index is 13.4. The lowest BCUT2D eigenvalue weighted by Crippen LogP contribution is -2.46. The summed E-state index contributed by atoms with van der Waals surface area (Å²) >= 11 is 0. The van der Waals surface area contributed by atoms with Gasteiger partial charge in [0, 0.05) is 22.8 Å². The lowest BCUT2D eigenvalue weighted by Gasteiger charge is -2.23. The molecule has 0 spiro atoms. The minimum Gasteiger partial charge on any atom is -0.394 e. The van der Waals surface area contributed by atoms with Crippen LogP contribution < -0.4 is 10.0 Å². The number of nitrogens with one attached hydrogen (secondary N) is 2.